The third kappa shape index (κ3) is 2.84. The summed E-state index contributed by atoms with van der Waals surface area (Å²) in [5.74, 6) is 0.148. The summed E-state index contributed by atoms with van der Waals surface area (Å²) in [7, 11) is 1.82. The van der Waals surface area contributed by atoms with Crippen LogP contribution in [0.4, 0.5) is 10.4 Å². The number of hydrogen-bond donors (Lipinski definition) is 1. The third-order valence-electron chi connectivity index (χ3n) is 2.48. The summed E-state index contributed by atoms with van der Waals surface area (Å²) >= 11 is 0. The zero-order valence-corrected chi connectivity index (χ0v) is 10.3. The fourth-order valence-corrected chi connectivity index (χ4v) is 1.50. The Labute approximate surface area is 104 Å². The molecular weight excluding hydrogens is 235 g/mol. The van der Waals surface area contributed by atoms with Crippen LogP contribution in [-0.2, 0) is 6.54 Å². The van der Waals surface area contributed by atoms with Crippen LogP contribution in [0, 0.1) is 5.82 Å². The van der Waals surface area contributed by atoms with Crippen LogP contribution < -0.4 is 10.6 Å². The van der Waals surface area contributed by atoms with Gasteiger partial charge in [0.1, 0.15) is 5.82 Å². The van der Waals surface area contributed by atoms with Crippen molar-refractivity contribution in [2.75, 3.05) is 11.9 Å². The largest absolute Gasteiger partial charge is 0.406 e. The first kappa shape index (κ1) is 12.5. The SMILES string of the molecule is CC(N)c1nnc(N(C)Cc2ccc(F)cc2)o1. The quantitative estimate of drug-likeness (QED) is 0.897. The number of benzene rings is 1. The maximum atomic E-state index is 12.8. The molecule has 1 heterocycles. The molecule has 18 heavy (non-hydrogen) atoms. The van der Waals surface area contributed by atoms with Gasteiger partial charge in [-0.05, 0) is 24.6 Å². The van der Waals surface area contributed by atoms with Crippen molar-refractivity contribution in [1.82, 2.24) is 10.2 Å². The highest BCUT2D eigenvalue weighted by Crippen LogP contribution is 2.16. The Morgan fingerprint density at radius 2 is 2.00 bits per heavy atom. The van der Waals surface area contributed by atoms with Gasteiger partial charge in [-0.3, -0.25) is 0 Å². The van der Waals surface area contributed by atoms with E-state index in [9.17, 15) is 4.39 Å². The molecule has 1 atom stereocenters. The van der Waals surface area contributed by atoms with Gasteiger partial charge in [0.2, 0.25) is 5.89 Å². The molecule has 1 unspecified atom stereocenters. The molecule has 2 N–H and O–H groups in total. The summed E-state index contributed by atoms with van der Waals surface area (Å²) in [6, 6.07) is 6.38. The second-order valence-electron chi connectivity index (χ2n) is 4.19. The Morgan fingerprint density at radius 1 is 1.33 bits per heavy atom. The topological polar surface area (TPSA) is 68.2 Å². The van der Waals surface area contributed by atoms with E-state index in [0.29, 0.717) is 18.5 Å². The van der Waals surface area contributed by atoms with E-state index in [1.54, 1.807) is 24.0 Å². The Balaban J connectivity index is 2.06. The number of nitrogens with zero attached hydrogens (tertiary/aromatic N) is 3. The predicted molar refractivity (Wildman–Crippen MR) is 65.4 cm³/mol. The third-order valence-corrected chi connectivity index (χ3v) is 2.48. The summed E-state index contributed by atoms with van der Waals surface area (Å²) in [5, 5.41) is 7.76. The molecule has 96 valence electrons. The van der Waals surface area contributed by atoms with Gasteiger partial charge >= 0.3 is 6.01 Å². The van der Waals surface area contributed by atoms with E-state index in [1.165, 1.54) is 12.1 Å². The zero-order valence-electron chi connectivity index (χ0n) is 10.3. The van der Waals surface area contributed by atoms with E-state index < -0.39 is 0 Å². The highest BCUT2D eigenvalue weighted by atomic mass is 19.1. The fraction of sp³-hybridized carbons (Fsp3) is 0.333. The van der Waals surface area contributed by atoms with E-state index in [4.69, 9.17) is 10.2 Å². The molecule has 0 aliphatic heterocycles. The van der Waals surface area contributed by atoms with Crippen LogP contribution >= 0.6 is 0 Å². The van der Waals surface area contributed by atoms with E-state index in [0.717, 1.165) is 5.56 Å². The minimum atomic E-state index is -0.287. The van der Waals surface area contributed by atoms with E-state index in [1.807, 2.05) is 7.05 Å². The van der Waals surface area contributed by atoms with Gasteiger partial charge in [0, 0.05) is 13.6 Å². The van der Waals surface area contributed by atoms with Gasteiger partial charge in [0.05, 0.1) is 6.04 Å². The second kappa shape index (κ2) is 5.14. The molecule has 0 saturated heterocycles. The molecule has 0 aliphatic rings. The van der Waals surface area contributed by atoms with Crippen molar-refractivity contribution in [3.63, 3.8) is 0 Å². The molecular formula is C12H15FN4O. The standard InChI is InChI=1S/C12H15FN4O/c1-8(14)11-15-16-12(18-11)17(2)7-9-3-5-10(13)6-4-9/h3-6,8H,7,14H2,1-2H3. The molecule has 0 bridgehead atoms. The van der Waals surface area contributed by atoms with Crippen LogP contribution in [0.1, 0.15) is 24.4 Å². The molecule has 2 rings (SSSR count). The van der Waals surface area contributed by atoms with Crippen LogP contribution in [0.3, 0.4) is 0 Å². The van der Waals surface area contributed by atoms with Crippen molar-refractivity contribution < 1.29 is 8.81 Å². The highest BCUT2D eigenvalue weighted by Gasteiger charge is 2.13. The molecule has 0 amide bonds. The lowest BCUT2D eigenvalue weighted by Gasteiger charge is -2.13. The second-order valence-corrected chi connectivity index (χ2v) is 4.19. The number of anilines is 1. The lowest BCUT2D eigenvalue weighted by atomic mass is 10.2. The van der Waals surface area contributed by atoms with Gasteiger partial charge in [-0.25, -0.2) is 4.39 Å². The number of hydrogen-bond acceptors (Lipinski definition) is 5. The molecule has 0 saturated carbocycles. The molecule has 1 aromatic carbocycles. The normalized spacial score (nSPS) is 12.4. The maximum Gasteiger partial charge on any atom is 0.318 e. The number of nitrogens with two attached hydrogens (primary N) is 1. The zero-order chi connectivity index (χ0) is 13.1. The Kier molecular flexibility index (Phi) is 3.57. The van der Waals surface area contributed by atoms with E-state index in [-0.39, 0.29) is 11.9 Å². The smallest absolute Gasteiger partial charge is 0.318 e. The monoisotopic (exact) mass is 250 g/mol. The maximum absolute atomic E-state index is 12.8. The lowest BCUT2D eigenvalue weighted by molar-refractivity contribution is 0.460. The van der Waals surface area contributed by atoms with Crippen molar-refractivity contribution in [3.05, 3.63) is 41.5 Å². The lowest BCUT2D eigenvalue weighted by Crippen LogP contribution is -2.16. The van der Waals surface area contributed by atoms with Crippen molar-refractivity contribution in [1.29, 1.82) is 0 Å². The van der Waals surface area contributed by atoms with Crippen molar-refractivity contribution in [2.24, 2.45) is 5.73 Å². The van der Waals surface area contributed by atoms with Crippen LogP contribution in [0.15, 0.2) is 28.7 Å². The van der Waals surface area contributed by atoms with E-state index >= 15 is 0 Å². The van der Waals surface area contributed by atoms with Crippen LogP contribution in [0.25, 0.3) is 0 Å². The highest BCUT2D eigenvalue weighted by molar-refractivity contribution is 5.27. The van der Waals surface area contributed by atoms with Gasteiger partial charge in [-0.15, -0.1) is 5.10 Å². The average molecular weight is 250 g/mol. The fourth-order valence-electron chi connectivity index (χ4n) is 1.50. The first-order valence-electron chi connectivity index (χ1n) is 5.61. The van der Waals surface area contributed by atoms with Gasteiger partial charge in [-0.2, -0.15) is 0 Å². The summed E-state index contributed by atoms with van der Waals surface area (Å²) in [6.07, 6.45) is 0. The molecule has 0 radical (unpaired) electrons. The van der Waals surface area contributed by atoms with Gasteiger partial charge in [0.15, 0.2) is 0 Å². The minimum Gasteiger partial charge on any atom is -0.406 e. The summed E-state index contributed by atoms with van der Waals surface area (Å²) in [5.41, 5.74) is 6.60. The molecule has 1 aromatic heterocycles. The minimum absolute atomic E-state index is 0.251. The summed E-state index contributed by atoms with van der Waals surface area (Å²) < 4.78 is 18.2. The number of halogens is 1. The van der Waals surface area contributed by atoms with Crippen LogP contribution in [-0.4, -0.2) is 17.2 Å². The molecule has 5 nitrogen and oxygen atoms in total. The summed E-state index contributed by atoms with van der Waals surface area (Å²) in [6.45, 7) is 2.33. The number of rotatable bonds is 4. The Morgan fingerprint density at radius 3 is 2.56 bits per heavy atom. The summed E-state index contributed by atoms with van der Waals surface area (Å²) in [4.78, 5) is 1.78. The number of aromatic nitrogens is 2. The average Bonchev–Trinajstić information content (AvgIpc) is 2.81. The molecule has 0 fully saturated rings. The molecule has 2 aromatic rings. The van der Waals surface area contributed by atoms with Gasteiger partial charge in [0.25, 0.3) is 0 Å². The van der Waals surface area contributed by atoms with E-state index in [2.05, 4.69) is 10.2 Å². The Hall–Kier alpha value is -1.95. The first-order valence-corrected chi connectivity index (χ1v) is 5.61. The van der Waals surface area contributed by atoms with Gasteiger partial charge in [-0.1, -0.05) is 17.2 Å². The Bertz CT molecular complexity index is 509. The molecule has 6 heteroatoms. The predicted octanol–water partition coefficient (Wildman–Crippen LogP) is 1.86. The van der Waals surface area contributed by atoms with Crippen LogP contribution in [0.2, 0.25) is 0 Å². The van der Waals surface area contributed by atoms with Gasteiger partial charge < -0.3 is 15.1 Å². The van der Waals surface area contributed by atoms with Crippen LogP contribution in [0.5, 0.6) is 0 Å². The van der Waals surface area contributed by atoms with Crippen molar-refractivity contribution in [3.8, 4) is 0 Å². The van der Waals surface area contributed by atoms with Crippen molar-refractivity contribution >= 4 is 6.01 Å². The molecule has 0 aliphatic carbocycles. The van der Waals surface area contributed by atoms with Crippen molar-refractivity contribution in [2.45, 2.75) is 19.5 Å². The first-order chi connectivity index (χ1) is 8.56. The molecule has 0 spiro atoms.